The van der Waals surface area contributed by atoms with Gasteiger partial charge in [0.05, 0.1) is 25.4 Å². The first-order chi connectivity index (χ1) is 7.29. The van der Waals surface area contributed by atoms with Crippen LogP contribution in [0.2, 0.25) is 0 Å². The van der Waals surface area contributed by atoms with Gasteiger partial charge in [0.2, 0.25) is 0 Å². The maximum atomic E-state index is 9.56. The Morgan fingerprint density at radius 2 is 2.07 bits per heavy atom. The van der Waals surface area contributed by atoms with Crippen molar-refractivity contribution in [2.45, 2.75) is 17.0 Å². The van der Waals surface area contributed by atoms with Gasteiger partial charge in [-0.05, 0) is 30.5 Å². The molecular formula is C11H15NO2S. The minimum absolute atomic E-state index is 0.0186. The Labute approximate surface area is 93.8 Å². The van der Waals surface area contributed by atoms with Crippen molar-refractivity contribution < 1.29 is 9.84 Å². The molecule has 1 saturated heterocycles. The average Bonchev–Trinajstić information content (AvgIpc) is 2.66. The summed E-state index contributed by atoms with van der Waals surface area (Å²) in [5, 5.41) is 12.8. The predicted octanol–water partition coefficient (Wildman–Crippen LogP) is 1.58. The Morgan fingerprint density at radius 1 is 1.33 bits per heavy atom. The molecule has 1 fully saturated rings. The zero-order chi connectivity index (χ0) is 10.7. The van der Waals surface area contributed by atoms with E-state index in [1.165, 1.54) is 4.90 Å². The third-order valence-corrected chi connectivity index (χ3v) is 3.24. The van der Waals surface area contributed by atoms with Crippen LogP contribution in [-0.4, -0.2) is 36.7 Å². The van der Waals surface area contributed by atoms with Crippen LogP contribution in [0.4, 0.5) is 5.69 Å². The van der Waals surface area contributed by atoms with Gasteiger partial charge in [-0.2, -0.15) is 0 Å². The van der Waals surface area contributed by atoms with E-state index < -0.39 is 6.10 Å². The van der Waals surface area contributed by atoms with Crippen molar-refractivity contribution in [3.05, 3.63) is 24.3 Å². The number of thioether (sulfide) groups is 1. The molecule has 82 valence electrons. The van der Waals surface area contributed by atoms with E-state index in [1.54, 1.807) is 11.8 Å². The van der Waals surface area contributed by atoms with Gasteiger partial charge in [0, 0.05) is 10.6 Å². The number of hydrogen-bond acceptors (Lipinski definition) is 4. The molecule has 2 N–H and O–H groups in total. The van der Waals surface area contributed by atoms with E-state index in [2.05, 4.69) is 23.7 Å². The van der Waals surface area contributed by atoms with Crippen LogP contribution in [0, 0.1) is 0 Å². The molecule has 0 aliphatic carbocycles. The molecule has 1 aromatic rings. The van der Waals surface area contributed by atoms with Crippen molar-refractivity contribution in [3.63, 3.8) is 0 Å². The molecule has 1 aliphatic rings. The van der Waals surface area contributed by atoms with Crippen molar-refractivity contribution in [2.75, 3.05) is 24.8 Å². The van der Waals surface area contributed by atoms with Crippen molar-refractivity contribution in [1.82, 2.24) is 0 Å². The molecule has 3 nitrogen and oxygen atoms in total. The summed E-state index contributed by atoms with van der Waals surface area (Å²) in [5.41, 5.74) is 1.03. The fourth-order valence-electron chi connectivity index (χ4n) is 1.58. The standard InChI is InChI=1S/C11H15NO2S/c1-15-9-4-2-8(3-5-9)12-10-6-14-7-11(10)13/h2-5,10-13H,6-7H2,1H3. The molecular weight excluding hydrogens is 210 g/mol. The monoisotopic (exact) mass is 225 g/mol. The highest BCUT2D eigenvalue weighted by Gasteiger charge is 2.25. The highest BCUT2D eigenvalue weighted by atomic mass is 32.2. The first-order valence-electron chi connectivity index (χ1n) is 4.96. The maximum absolute atomic E-state index is 9.56. The Kier molecular flexibility index (Phi) is 3.51. The molecule has 0 saturated carbocycles. The van der Waals surface area contributed by atoms with Gasteiger partial charge in [0.1, 0.15) is 0 Å². The summed E-state index contributed by atoms with van der Waals surface area (Å²) < 4.78 is 5.17. The van der Waals surface area contributed by atoms with Gasteiger partial charge in [-0.3, -0.25) is 0 Å². The second-order valence-electron chi connectivity index (χ2n) is 3.58. The summed E-state index contributed by atoms with van der Waals surface area (Å²) in [4.78, 5) is 1.24. The lowest BCUT2D eigenvalue weighted by Crippen LogP contribution is -2.31. The summed E-state index contributed by atoms with van der Waals surface area (Å²) in [6.45, 7) is 1.01. The van der Waals surface area contributed by atoms with E-state index >= 15 is 0 Å². The Morgan fingerprint density at radius 3 is 2.60 bits per heavy atom. The molecule has 2 atom stereocenters. The van der Waals surface area contributed by atoms with Crippen LogP contribution >= 0.6 is 11.8 Å². The summed E-state index contributed by atoms with van der Waals surface area (Å²) in [7, 11) is 0. The molecule has 2 rings (SSSR count). The molecule has 0 radical (unpaired) electrons. The molecule has 1 heterocycles. The summed E-state index contributed by atoms with van der Waals surface area (Å²) in [6, 6.07) is 8.20. The van der Waals surface area contributed by atoms with E-state index in [-0.39, 0.29) is 6.04 Å². The van der Waals surface area contributed by atoms with E-state index in [1.807, 2.05) is 12.1 Å². The van der Waals surface area contributed by atoms with Gasteiger partial charge in [-0.25, -0.2) is 0 Å². The number of ether oxygens (including phenoxy) is 1. The zero-order valence-electron chi connectivity index (χ0n) is 8.64. The Hall–Kier alpha value is -0.710. The number of nitrogens with one attached hydrogen (secondary N) is 1. The predicted molar refractivity (Wildman–Crippen MR) is 62.5 cm³/mol. The molecule has 1 aromatic carbocycles. The lowest BCUT2D eigenvalue weighted by Gasteiger charge is -2.15. The maximum Gasteiger partial charge on any atom is 0.0996 e. The van der Waals surface area contributed by atoms with Crippen LogP contribution in [0.15, 0.2) is 29.2 Å². The number of hydrogen-bond donors (Lipinski definition) is 2. The quantitative estimate of drug-likeness (QED) is 0.766. The zero-order valence-corrected chi connectivity index (χ0v) is 9.46. The van der Waals surface area contributed by atoms with E-state index in [0.29, 0.717) is 13.2 Å². The average molecular weight is 225 g/mol. The minimum atomic E-state index is -0.398. The summed E-state index contributed by atoms with van der Waals surface area (Å²) >= 11 is 1.72. The van der Waals surface area contributed by atoms with Crippen molar-refractivity contribution in [2.24, 2.45) is 0 Å². The number of anilines is 1. The molecule has 4 heteroatoms. The molecule has 0 bridgehead atoms. The van der Waals surface area contributed by atoms with Crippen LogP contribution in [0.1, 0.15) is 0 Å². The largest absolute Gasteiger partial charge is 0.388 e. The lowest BCUT2D eigenvalue weighted by atomic mass is 10.2. The van der Waals surface area contributed by atoms with Gasteiger partial charge in [0.15, 0.2) is 0 Å². The lowest BCUT2D eigenvalue weighted by molar-refractivity contribution is 0.125. The van der Waals surface area contributed by atoms with Crippen LogP contribution in [0.3, 0.4) is 0 Å². The summed E-state index contributed by atoms with van der Waals surface area (Å²) in [5.74, 6) is 0. The Bertz CT molecular complexity index is 315. The van der Waals surface area contributed by atoms with Gasteiger partial charge in [-0.1, -0.05) is 0 Å². The smallest absolute Gasteiger partial charge is 0.0996 e. The number of aliphatic hydroxyl groups excluding tert-OH is 1. The van der Waals surface area contributed by atoms with Crippen molar-refractivity contribution in [1.29, 1.82) is 0 Å². The first-order valence-corrected chi connectivity index (χ1v) is 6.18. The molecule has 15 heavy (non-hydrogen) atoms. The molecule has 1 aliphatic heterocycles. The normalized spacial score (nSPS) is 25.5. The first kappa shape index (κ1) is 10.8. The summed E-state index contributed by atoms with van der Waals surface area (Å²) in [6.07, 6.45) is 1.65. The Balaban J connectivity index is 1.98. The van der Waals surface area contributed by atoms with Gasteiger partial charge in [0.25, 0.3) is 0 Å². The van der Waals surface area contributed by atoms with Crippen molar-refractivity contribution >= 4 is 17.4 Å². The number of benzene rings is 1. The molecule has 0 amide bonds. The van der Waals surface area contributed by atoms with Crippen LogP contribution in [-0.2, 0) is 4.74 Å². The highest BCUT2D eigenvalue weighted by Crippen LogP contribution is 2.19. The van der Waals surface area contributed by atoms with Gasteiger partial charge in [-0.15, -0.1) is 11.8 Å². The molecule has 2 unspecified atom stereocenters. The van der Waals surface area contributed by atoms with Gasteiger partial charge >= 0.3 is 0 Å². The van der Waals surface area contributed by atoms with Crippen molar-refractivity contribution in [3.8, 4) is 0 Å². The van der Waals surface area contributed by atoms with E-state index in [4.69, 9.17) is 4.74 Å². The fourth-order valence-corrected chi connectivity index (χ4v) is 1.99. The van der Waals surface area contributed by atoms with Gasteiger partial charge < -0.3 is 15.2 Å². The molecule has 0 spiro atoms. The SMILES string of the molecule is CSc1ccc(NC2COCC2O)cc1. The minimum Gasteiger partial charge on any atom is -0.388 e. The van der Waals surface area contributed by atoms with Crippen LogP contribution in [0.5, 0.6) is 0 Å². The second-order valence-corrected chi connectivity index (χ2v) is 4.46. The number of aliphatic hydroxyl groups is 1. The second kappa shape index (κ2) is 4.88. The fraction of sp³-hybridized carbons (Fsp3) is 0.455. The topological polar surface area (TPSA) is 41.5 Å². The number of rotatable bonds is 3. The highest BCUT2D eigenvalue weighted by molar-refractivity contribution is 7.98. The van der Waals surface area contributed by atoms with Crippen LogP contribution in [0.25, 0.3) is 0 Å². The molecule has 0 aromatic heterocycles. The third kappa shape index (κ3) is 2.65. The van der Waals surface area contributed by atoms with E-state index in [0.717, 1.165) is 5.69 Å². The third-order valence-electron chi connectivity index (χ3n) is 2.49. The van der Waals surface area contributed by atoms with E-state index in [9.17, 15) is 5.11 Å². The van der Waals surface area contributed by atoms with Crippen LogP contribution < -0.4 is 5.32 Å².